The molecule has 0 aliphatic heterocycles. The third-order valence-electron chi connectivity index (χ3n) is 5.60. The lowest BCUT2D eigenvalue weighted by Gasteiger charge is -2.24. The number of aromatic nitrogens is 2. The molecule has 5 heteroatoms. The van der Waals surface area contributed by atoms with Gasteiger partial charge in [-0.1, -0.05) is 30.3 Å². The highest BCUT2D eigenvalue weighted by Gasteiger charge is 2.25. The smallest absolute Gasteiger partial charge is 0.303 e. The Morgan fingerprint density at radius 2 is 1.81 bits per heavy atom. The number of rotatable bonds is 8. The molecule has 4 aromatic rings. The van der Waals surface area contributed by atoms with Crippen LogP contribution in [0.1, 0.15) is 44.0 Å². The maximum Gasteiger partial charge on any atom is 0.303 e. The molecule has 4 rings (SSSR count). The van der Waals surface area contributed by atoms with Crippen LogP contribution in [0.4, 0.5) is 11.4 Å². The normalized spacial score (nSPS) is 11.5. The summed E-state index contributed by atoms with van der Waals surface area (Å²) < 4.78 is 5.40. The molecule has 0 spiro atoms. The minimum Gasteiger partial charge on any atom is -0.453 e. The molecule has 5 nitrogen and oxygen atoms in total. The summed E-state index contributed by atoms with van der Waals surface area (Å²) in [6.45, 7) is 5.09. The number of hydrogen-bond donors (Lipinski definition) is 2. The lowest BCUT2D eigenvalue weighted by atomic mass is 10.0. The van der Waals surface area contributed by atoms with Gasteiger partial charge in [0.2, 0.25) is 0 Å². The second-order valence-electron chi connectivity index (χ2n) is 8.57. The van der Waals surface area contributed by atoms with Gasteiger partial charge in [0.1, 0.15) is 5.60 Å². The molecule has 0 saturated carbocycles. The van der Waals surface area contributed by atoms with Crippen molar-refractivity contribution in [3.63, 3.8) is 0 Å². The van der Waals surface area contributed by atoms with Crippen molar-refractivity contribution < 1.29 is 9.53 Å². The summed E-state index contributed by atoms with van der Waals surface area (Å²) in [6, 6.07) is 20.8. The van der Waals surface area contributed by atoms with Crippen molar-refractivity contribution in [3.05, 3.63) is 89.9 Å². The highest BCUT2D eigenvalue weighted by molar-refractivity contribution is 5.83. The molecule has 0 unspecified atom stereocenters. The highest BCUT2D eigenvalue weighted by atomic mass is 16.6. The number of para-hydroxylation sites is 1. The minimum atomic E-state index is -0.780. The Kier molecular flexibility index (Phi) is 6.26. The number of nitrogens with zero attached hydrogens (tertiary/aromatic N) is 1. The van der Waals surface area contributed by atoms with E-state index in [1.165, 1.54) is 29.0 Å². The number of anilines is 2. The maximum atomic E-state index is 11.4. The first-order valence-corrected chi connectivity index (χ1v) is 11.0. The average Bonchev–Trinajstić information content (AvgIpc) is 3.18. The second-order valence-corrected chi connectivity index (χ2v) is 8.57. The Bertz CT molecular complexity index is 1210. The van der Waals surface area contributed by atoms with E-state index in [0.717, 1.165) is 30.6 Å². The quantitative estimate of drug-likeness (QED) is 0.325. The molecular weight excluding hydrogens is 398 g/mol. The van der Waals surface area contributed by atoms with Crippen LogP contribution in [0.5, 0.6) is 0 Å². The SMILES string of the molecule is CC(=O)OC(C)(C)c1cc(Nc2ccc(CCCc3c[nH]c4ccccc34)cc2)ccn1. The van der Waals surface area contributed by atoms with Crippen molar-refractivity contribution in [2.45, 2.75) is 45.6 Å². The molecular formula is C27H29N3O2. The molecule has 164 valence electrons. The second kappa shape index (κ2) is 9.27. The van der Waals surface area contributed by atoms with Crippen LogP contribution in [0.2, 0.25) is 0 Å². The summed E-state index contributed by atoms with van der Waals surface area (Å²) in [5.74, 6) is -0.324. The number of benzene rings is 2. The van der Waals surface area contributed by atoms with Crippen molar-refractivity contribution in [3.8, 4) is 0 Å². The fraction of sp³-hybridized carbons (Fsp3) is 0.259. The summed E-state index contributed by atoms with van der Waals surface area (Å²) in [6.07, 6.45) is 7.05. The zero-order chi connectivity index (χ0) is 22.6. The number of H-pyrrole nitrogens is 1. The number of esters is 1. The van der Waals surface area contributed by atoms with Gasteiger partial charge in [-0.25, -0.2) is 0 Å². The third-order valence-corrected chi connectivity index (χ3v) is 5.60. The zero-order valence-electron chi connectivity index (χ0n) is 18.8. The van der Waals surface area contributed by atoms with Crippen molar-refractivity contribution in [2.75, 3.05) is 5.32 Å². The molecule has 0 fully saturated rings. The number of nitrogens with one attached hydrogen (secondary N) is 2. The van der Waals surface area contributed by atoms with E-state index in [0.29, 0.717) is 5.69 Å². The Labute approximate surface area is 188 Å². The topological polar surface area (TPSA) is 67.0 Å². The van der Waals surface area contributed by atoms with Crippen LogP contribution >= 0.6 is 0 Å². The van der Waals surface area contributed by atoms with Crippen LogP contribution in [0.15, 0.2) is 73.1 Å². The van der Waals surface area contributed by atoms with E-state index in [9.17, 15) is 4.79 Å². The van der Waals surface area contributed by atoms with E-state index in [2.05, 4.69) is 70.0 Å². The number of ether oxygens (including phenoxy) is 1. The summed E-state index contributed by atoms with van der Waals surface area (Å²) in [5.41, 5.74) is 5.74. The Morgan fingerprint density at radius 1 is 1.03 bits per heavy atom. The van der Waals surface area contributed by atoms with Gasteiger partial charge >= 0.3 is 5.97 Å². The number of carbonyl (C=O) groups excluding carboxylic acids is 1. The van der Waals surface area contributed by atoms with Crippen LogP contribution in [0, 0.1) is 0 Å². The maximum absolute atomic E-state index is 11.4. The predicted octanol–water partition coefficient (Wildman–Crippen LogP) is 6.28. The molecule has 0 bridgehead atoms. The fourth-order valence-electron chi connectivity index (χ4n) is 3.99. The van der Waals surface area contributed by atoms with Gasteiger partial charge in [0.15, 0.2) is 0 Å². The molecule has 0 radical (unpaired) electrons. The average molecular weight is 428 g/mol. The van der Waals surface area contributed by atoms with Gasteiger partial charge < -0.3 is 15.0 Å². The van der Waals surface area contributed by atoms with E-state index < -0.39 is 5.60 Å². The standard InChI is InChI=1S/C27H29N3O2/c1-19(31)32-27(2,3)26-17-23(15-16-28-26)30-22-13-11-20(12-14-22)7-6-8-21-18-29-25-10-5-4-9-24(21)25/h4-5,9-18,29H,6-8H2,1-3H3,(H,28,30). The van der Waals surface area contributed by atoms with Crippen molar-refractivity contribution in [1.82, 2.24) is 9.97 Å². The van der Waals surface area contributed by atoms with E-state index in [4.69, 9.17) is 4.74 Å². The van der Waals surface area contributed by atoms with Crippen LogP contribution in [0.25, 0.3) is 10.9 Å². The van der Waals surface area contributed by atoms with Gasteiger partial charge in [-0.15, -0.1) is 0 Å². The van der Waals surface area contributed by atoms with Gasteiger partial charge in [0, 0.05) is 41.6 Å². The minimum absolute atomic E-state index is 0.324. The first-order chi connectivity index (χ1) is 15.4. The van der Waals surface area contributed by atoms with Crippen LogP contribution < -0.4 is 5.32 Å². The van der Waals surface area contributed by atoms with E-state index in [-0.39, 0.29) is 5.97 Å². The lowest BCUT2D eigenvalue weighted by Crippen LogP contribution is -2.25. The van der Waals surface area contributed by atoms with Gasteiger partial charge in [-0.2, -0.15) is 0 Å². The number of aryl methyl sites for hydroxylation is 2. The predicted molar refractivity (Wildman–Crippen MR) is 129 cm³/mol. The monoisotopic (exact) mass is 427 g/mol. The lowest BCUT2D eigenvalue weighted by molar-refractivity contribution is -0.154. The summed E-state index contributed by atoms with van der Waals surface area (Å²) >= 11 is 0. The molecule has 2 aromatic heterocycles. The van der Waals surface area contributed by atoms with E-state index in [1.54, 1.807) is 6.20 Å². The molecule has 2 heterocycles. The molecule has 32 heavy (non-hydrogen) atoms. The number of carbonyl (C=O) groups is 1. The van der Waals surface area contributed by atoms with E-state index >= 15 is 0 Å². The molecule has 2 aromatic carbocycles. The van der Waals surface area contributed by atoms with E-state index in [1.807, 2.05) is 26.0 Å². The third kappa shape index (κ3) is 5.17. The fourth-order valence-corrected chi connectivity index (χ4v) is 3.99. The highest BCUT2D eigenvalue weighted by Crippen LogP contribution is 2.27. The van der Waals surface area contributed by atoms with Crippen molar-refractivity contribution in [1.29, 1.82) is 0 Å². The molecule has 0 amide bonds. The Morgan fingerprint density at radius 3 is 2.59 bits per heavy atom. The number of aromatic amines is 1. The van der Waals surface area contributed by atoms with Crippen molar-refractivity contribution >= 4 is 28.2 Å². The van der Waals surface area contributed by atoms with Gasteiger partial charge in [0.05, 0.1) is 5.69 Å². The molecule has 0 aliphatic carbocycles. The summed E-state index contributed by atoms with van der Waals surface area (Å²) in [5, 5.41) is 4.73. The molecule has 0 aliphatic rings. The number of fused-ring (bicyclic) bond motifs is 1. The largest absolute Gasteiger partial charge is 0.453 e. The summed E-state index contributed by atoms with van der Waals surface area (Å²) in [4.78, 5) is 19.1. The Balaban J connectivity index is 1.35. The van der Waals surface area contributed by atoms with Gasteiger partial charge in [-0.3, -0.25) is 9.78 Å². The number of pyridine rings is 1. The van der Waals surface area contributed by atoms with Crippen LogP contribution in [-0.4, -0.2) is 15.9 Å². The number of hydrogen-bond acceptors (Lipinski definition) is 4. The van der Waals surface area contributed by atoms with Crippen molar-refractivity contribution in [2.24, 2.45) is 0 Å². The first-order valence-electron chi connectivity index (χ1n) is 11.0. The first kappa shape index (κ1) is 21.6. The van der Waals surface area contributed by atoms with Crippen LogP contribution in [-0.2, 0) is 28.0 Å². The van der Waals surface area contributed by atoms with Crippen LogP contribution in [0.3, 0.4) is 0 Å². The molecule has 0 saturated heterocycles. The van der Waals surface area contributed by atoms with Gasteiger partial charge in [-0.05, 0) is 74.6 Å². The molecule has 0 atom stereocenters. The Hall–Kier alpha value is -3.60. The zero-order valence-corrected chi connectivity index (χ0v) is 18.8. The molecule has 2 N–H and O–H groups in total. The summed E-state index contributed by atoms with van der Waals surface area (Å²) in [7, 11) is 0. The van der Waals surface area contributed by atoms with Gasteiger partial charge in [0.25, 0.3) is 0 Å².